The van der Waals surface area contributed by atoms with Gasteiger partial charge in [0.2, 0.25) is 0 Å². The average molecular weight is 303 g/mol. The van der Waals surface area contributed by atoms with E-state index in [0.29, 0.717) is 32.9 Å². The molecular formula is C16H11ClO4. The predicted molar refractivity (Wildman–Crippen MR) is 81.1 cm³/mol. The number of phenolic OH excluding ortho intramolecular Hbond substituents is 1. The number of phenols is 1. The van der Waals surface area contributed by atoms with Crippen molar-refractivity contribution in [1.29, 1.82) is 0 Å². The number of aromatic hydroxyl groups is 1. The predicted octanol–water partition coefficient (Wildman–Crippen LogP) is 3.83. The summed E-state index contributed by atoms with van der Waals surface area (Å²) >= 11 is 6.01. The molecule has 5 heteroatoms. The van der Waals surface area contributed by atoms with E-state index >= 15 is 0 Å². The van der Waals surface area contributed by atoms with Crippen LogP contribution in [0.1, 0.15) is 0 Å². The van der Waals surface area contributed by atoms with E-state index in [1.165, 1.54) is 19.2 Å². The van der Waals surface area contributed by atoms with E-state index < -0.39 is 5.63 Å². The van der Waals surface area contributed by atoms with Crippen molar-refractivity contribution in [1.82, 2.24) is 0 Å². The maximum absolute atomic E-state index is 11.7. The van der Waals surface area contributed by atoms with Crippen LogP contribution in [-0.4, -0.2) is 12.2 Å². The van der Waals surface area contributed by atoms with Gasteiger partial charge in [-0.15, -0.1) is 0 Å². The third kappa shape index (κ3) is 2.45. The summed E-state index contributed by atoms with van der Waals surface area (Å²) in [5, 5.41) is 11.1. The third-order valence-corrected chi connectivity index (χ3v) is 3.43. The molecule has 3 rings (SSSR count). The lowest BCUT2D eigenvalue weighted by Gasteiger charge is -2.08. The Kier molecular flexibility index (Phi) is 3.31. The second kappa shape index (κ2) is 5.14. The zero-order valence-electron chi connectivity index (χ0n) is 11.1. The average Bonchev–Trinajstić information content (AvgIpc) is 2.47. The molecule has 0 bridgehead atoms. The number of benzene rings is 2. The molecular weight excluding hydrogens is 292 g/mol. The molecule has 0 aliphatic carbocycles. The second-order valence-electron chi connectivity index (χ2n) is 4.51. The number of fused-ring (bicyclic) bond motifs is 1. The molecule has 0 aliphatic heterocycles. The molecule has 0 fully saturated rings. The minimum atomic E-state index is -0.463. The number of rotatable bonds is 2. The Morgan fingerprint density at radius 1 is 1.14 bits per heavy atom. The van der Waals surface area contributed by atoms with Gasteiger partial charge in [-0.25, -0.2) is 4.79 Å². The van der Waals surface area contributed by atoms with Crippen LogP contribution in [0.15, 0.2) is 51.7 Å². The summed E-state index contributed by atoms with van der Waals surface area (Å²) in [7, 11) is 1.47. The largest absolute Gasteiger partial charge is 0.504 e. The molecule has 1 heterocycles. The van der Waals surface area contributed by atoms with Gasteiger partial charge in [-0.2, -0.15) is 0 Å². The lowest BCUT2D eigenvalue weighted by Crippen LogP contribution is -1.98. The fourth-order valence-electron chi connectivity index (χ4n) is 2.23. The lowest BCUT2D eigenvalue weighted by atomic mass is 10.0. The van der Waals surface area contributed by atoms with Crippen molar-refractivity contribution in [3.63, 3.8) is 0 Å². The Bertz CT molecular complexity index is 883. The van der Waals surface area contributed by atoms with E-state index in [1.807, 2.05) is 0 Å². The number of hydrogen-bond donors (Lipinski definition) is 1. The summed E-state index contributed by atoms with van der Waals surface area (Å²) in [5.41, 5.74) is 1.29. The van der Waals surface area contributed by atoms with Crippen LogP contribution in [0.2, 0.25) is 5.02 Å². The van der Waals surface area contributed by atoms with Crippen LogP contribution in [0.4, 0.5) is 0 Å². The van der Waals surface area contributed by atoms with Crippen LogP contribution in [0.25, 0.3) is 22.1 Å². The van der Waals surface area contributed by atoms with Gasteiger partial charge in [-0.05, 0) is 35.9 Å². The van der Waals surface area contributed by atoms with E-state index in [9.17, 15) is 9.90 Å². The Morgan fingerprint density at radius 3 is 2.67 bits per heavy atom. The first-order valence-electron chi connectivity index (χ1n) is 6.19. The highest BCUT2D eigenvalue weighted by molar-refractivity contribution is 6.31. The zero-order valence-corrected chi connectivity index (χ0v) is 11.8. The minimum absolute atomic E-state index is 0.00146. The highest BCUT2D eigenvalue weighted by atomic mass is 35.5. The van der Waals surface area contributed by atoms with Gasteiger partial charge in [0, 0.05) is 22.0 Å². The summed E-state index contributed by atoms with van der Waals surface area (Å²) in [5.74, 6) is 0.363. The monoisotopic (exact) mass is 302 g/mol. The SMILES string of the molecule is COc1ccc(-c2cc(=O)oc3ccc(Cl)cc23)cc1O. The second-order valence-corrected chi connectivity index (χ2v) is 4.94. The van der Waals surface area contributed by atoms with Gasteiger partial charge in [0.1, 0.15) is 5.58 Å². The van der Waals surface area contributed by atoms with Crippen molar-refractivity contribution in [2.45, 2.75) is 0 Å². The molecule has 0 unspecified atom stereocenters. The van der Waals surface area contributed by atoms with Crippen LogP contribution < -0.4 is 10.4 Å². The number of methoxy groups -OCH3 is 1. The van der Waals surface area contributed by atoms with Crippen LogP contribution in [0, 0.1) is 0 Å². The molecule has 0 saturated heterocycles. The summed E-state index contributed by atoms with van der Waals surface area (Å²) in [4.78, 5) is 11.7. The molecule has 3 aromatic rings. The van der Waals surface area contributed by atoms with Crippen molar-refractivity contribution >= 4 is 22.6 Å². The Hall–Kier alpha value is -2.46. The van der Waals surface area contributed by atoms with Crippen LogP contribution in [0.5, 0.6) is 11.5 Å². The Balaban J connectivity index is 2.31. The van der Waals surface area contributed by atoms with Gasteiger partial charge < -0.3 is 14.3 Å². The van der Waals surface area contributed by atoms with Gasteiger partial charge in [-0.1, -0.05) is 17.7 Å². The molecule has 1 N–H and O–H groups in total. The van der Waals surface area contributed by atoms with Crippen molar-refractivity contribution in [3.05, 3.63) is 57.9 Å². The van der Waals surface area contributed by atoms with Gasteiger partial charge in [0.15, 0.2) is 11.5 Å². The van der Waals surface area contributed by atoms with Crippen molar-refractivity contribution in [2.24, 2.45) is 0 Å². The van der Waals surface area contributed by atoms with Gasteiger partial charge in [-0.3, -0.25) is 0 Å². The topological polar surface area (TPSA) is 59.7 Å². The van der Waals surface area contributed by atoms with E-state index in [0.717, 1.165) is 0 Å². The molecule has 4 nitrogen and oxygen atoms in total. The normalized spacial score (nSPS) is 10.8. The van der Waals surface area contributed by atoms with Crippen molar-refractivity contribution in [2.75, 3.05) is 7.11 Å². The summed E-state index contributed by atoms with van der Waals surface area (Å²) in [6.45, 7) is 0. The highest BCUT2D eigenvalue weighted by Crippen LogP contribution is 2.34. The fraction of sp³-hybridized carbons (Fsp3) is 0.0625. The Morgan fingerprint density at radius 2 is 1.95 bits per heavy atom. The Labute approximate surface area is 125 Å². The molecule has 0 aliphatic rings. The van der Waals surface area contributed by atoms with Gasteiger partial charge >= 0.3 is 5.63 Å². The third-order valence-electron chi connectivity index (χ3n) is 3.19. The molecule has 1 aromatic heterocycles. The number of halogens is 1. The van der Waals surface area contributed by atoms with Crippen LogP contribution >= 0.6 is 11.6 Å². The lowest BCUT2D eigenvalue weighted by molar-refractivity contribution is 0.373. The summed E-state index contributed by atoms with van der Waals surface area (Å²) in [6.07, 6.45) is 0. The van der Waals surface area contributed by atoms with Gasteiger partial charge in [0.25, 0.3) is 0 Å². The molecule has 0 spiro atoms. The van der Waals surface area contributed by atoms with Gasteiger partial charge in [0.05, 0.1) is 7.11 Å². The van der Waals surface area contributed by atoms with Crippen molar-refractivity contribution in [3.8, 4) is 22.6 Å². The molecule has 0 amide bonds. The molecule has 0 radical (unpaired) electrons. The first kappa shape index (κ1) is 13.5. The zero-order chi connectivity index (χ0) is 15.0. The van der Waals surface area contributed by atoms with Crippen LogP contribution in [0.3, 0.4) is 0 Å². The van der Waals surface area contributed by atoms with Crippen LogP contribution in [-0.2, 0) is 0 Å². The minimum Gasteiger partial charge on any atom is -0.504 e. The maximum Gasteiger partial charge on any atom is 0.336 e. The molecule has 0 atom stereocenters. The first-order chi connectivity index (χ1) is 10.1. The summed E-state index contributed by atoms with van der Waals surface area (Å²) in [6, 6.07) is 11.3. The van der Waals surface area contributed by atoms with E-state index in [1.54, 1.807) is 30.3 Å². The molecule has 2 aromatic carbocycles. The maximum atomic E-state index is 11.7. The van der Waals surface area contributed by atoms with E-state index in [-0.39, 0.29) is 5.75 Å². The quantitative estimate of drug-likeness (QED) is 0.731. The molecule has 106 valence electrons. The molecule has 21 heavy (non-hydrogen) atoms. The highest BCUT2D eigenvalue weighted by Gasteiger charge is 2.11. The smallest absolute Gasteiger partial charge is 0.336 e. The van der Waals surface area contributed by atoms with E-state index in [2.05, 4.69) is 0 Å². The number of hydrogen-bond acceptors (Lipinski definition) is 4. The van der Waals surface area contributed by atoms with E-state index in [4.69, 9.17) is 20.8 Å². The standard InChI is InChI=1S/C16H11ClO4/c1-20-15-4-2-9(6-13(15)18)11-8-16(19)21-14-5-3-10(17)7-12(11)14/h2-8,18H,1H3. The number of ether oxygens (including phenoxy) is 1. The summed E-state index contributed by atoms with van der Waals surface area (Å²) < 4.78 is 10.2. The fourth-order valence-corrected chi connectivity index (χ4v) is 2.40. The van der Waals surface area contributed by atoms with Crippen molar-refractivity contribution < 1.29 is 14.3 Å². The first-order valence-corrected chi connectivity index (χ1v) is 6.57. The molecule has 0 saturated carbocycles.